The van der Waals surface area contributed by atoms with Gasteiger partial charge in [0.05, 0.1) is 0 Å². The Balaban J connectivity index is 2.92. The fraction of sp³-hybridized carbons (Fsp3) is 1.00. The minimum absolute atomic E-state index is 0.729. The Hall–Kier alpha value is 0.960. The maximum Gasteiger partial charge on any atom is 0.0153 e. The summed E-state index contributed by atoms with van der Waals surface area (Å²) in [6.45, 7) is 2.21. The van der Waals surface area contributed by atoms with Crippen LogP contribution in [0.25, 0.3) is 0 Å². The second-order valence-corrected chi connectivity index (χ2v) is 3.95. The Morgan fingerprint density at radius 3 is 2.38 bits per heavy atom. The minimum Gasteiger partial charge on any atom is -0.0928 e. The van der Waals surface area contributed by atoms with Crippen molar-refractivity contribution in [2.45, 2.75) is 31.0 Å². The summed E-state index contributed by atoms with van der Waals surface area (Å²) in [5, 5.41) is 1.11. The molecule has 0 unspecified atom stereocenters. The molecule has 0 saturated heterocycles. The molecular formula is C6H12Br2. The van der Waals surface area contributed by atoms with Crippen LogP contribution < -0.4 is 0 Å². The van der Waals surface area contributed by atoms with Crippen molar-refractivity contribution < 1.29 is 0 Å². The van der Waals surface area contributed by atoms with Gasteiger partial charge >= 0.3 is 0 Å². The Morgan fingerprint density at radius 2 is 2.00 bits per heavy atom. The lowest BCUT2D eigenvalue weighted by Gasteiger charge is -2.02. The van der Waals surface area contributed by atoms with Gasteiger partial charge in [-0.2, -0.15) is 0 Å². The molecule has 0 radical (unpaired) electrons. The highest BCUT2D eigenvalue weighted by atomic mass is 79.9. The van der Waals surface area contributed by atoms with Crippen LogP contribution in [0.1, 0.15) is 26.2 Å². The minimum atomic E-state index is 0.729. The highest BCUT2D eigenvalue weighted by Crippen LogP contribution is 2.12. The lowest BCUT2D eigenvalue weighted by molar-refractivity contribution is 0.736. The van der Waals surface area contributed by atoms with Crippen LogP contribution in [0.3, 0.4) is 0 Å². The molecule has 1 atom stereocenters. The SMILES string of the molecule is CCC[C@@H](Br)CCBr. The second kappa shape index (κ2) is 6.09. The van der Waals surface area contributed by atoms with Crippen molar-refractivity contribution in [3.05, 3.63) is 0 Å². The summed E-state index contributed by atoms with van der Waals surface area (Å²) in [6.07, 6.45) is 3.82. The third-order valence-electron chi connectivity index (χ3n) is 1.02. The van der Waals surface area contributed by atoms with E-state index >= 15 is 0 Å². The third-order valence-corrected chi connectivity index (χ3v) is 2.40. The molecule has 0 rings (SSSR count). The van der Waals surface area contributed by atoms with Gasteiger partial charge in [-0.3, -0.25) is 0 Å². The molecule has 0 bridgehead atoms. The van der Waals surface area contributed by atoms with Crippen LogP contribution in [0.4, 0.5) is 0 Å². The van der Waals surface area contributed by atoms with Crippen LogP contribution in [-0.4, -0.2) is 10.2 Å². The summed E-state index contributed by atoms with van der Waals surface area (Å²) in [5.74, 6) is 0. The first-order chi connectivity index (χ1) is 3.81. The summed E-state index contributed by atoms with van der Waals surface area (Å²) in [5.41, 5.74) is 0. The Morgan fingerprint density at radius 1 is 1.38 bits per heavy atom. The molecule has 0 aliphatic rings. The molecule has 0 nitrogen and oxygen atoms in total. The lowest BCUT2D eigenvalue weighted by atomic mass is 10.2. The molecule has 2 heteroatoms. The normalized spacial score (nSPS) is 13.9. The average molecular weight is 244 g/mol. The van der Waals surface area contributed by atoms with E-state index in [0.717, 1.165) is 10.2 Å². The Bertz CT molecular complexity index is 39.8. The number of hydrogen-bond donors (Lipinski definition) is 0. The first kappa shape index (κ1) is 8.96. The zero-order valence-electron chi connectivity index (χ0n) is 5.16. The van der Waals surface area contributed by atoms with E-state index in [0.29, 0.717) is 0 Å². The topological polar surface area (TPSA) is 0 Å². The number of alkyl halides is 2. The van der Waals surface area contributed by atoms with Crippen LogP contribution in [0, 0.1) is 0 Å². The largest absolute Gasteiger partial charge is 0.0928 e. The summed E-state index contributed by atoms with van der Waals surface area (Å²) in [6, 6.07) is 0. The van der Waals surface area contributed by atoms with Crippen molar-refractivity contribution in [3.63, 3.8) is 0 Å². The zero-order valence-corrected chi connectivity index (χ0v) is 8.33. The molecule has 0 aromatic heterocycles. The summed E-state index contributed by atoms with van der Waals surface area (Å²) < 4.78 is 0. The van der Waals surface area contributed by atoms with Crippen LogP contribution >= 0.6 is 31.9 Å². The van der Waals surface area contributed by atoms with Gasteiger partial charge in [-0.05, 0) is 12.8 Å². The Labute approximate surface area is 68.3 Å². The lowest BCUT2D eigenvalue weighted by Crippen LogP contribution is -1.96. The van der Waals surface area contributed by atoms with E-state index in [-0.39, 0.29) is 0 Å². The van der Waals surface area contributed by atoms with Crippen molar-refractivity contribution in [2.75, 3.05) is 5.33 Å². The summed E-state index contributed by atoms with van der Waals surface area (Å²) in [4.78, 5) is 0.729. The van der Waals surface area contributed by atoms with E-state index in [1.54, 1.807) is 0 Å². The van der Waals surface area contributed by atoms with Crippen molar-refractivity contribution >= 4 is 31.9 Å². The average Bonchev–Trinajstić information content (AvgIpc) is 1.68. The first-order valence-corrected chi connectivity index (χ1v) is 5.05. The molecule has 0 spiro atoms. The highest BCUT2D eigenvalue weighted by molar-refractivity contribution is 9.10. The molecule has 0 aliphatic carbocycles. The molecule has 0 saturated carbocycles. The highest BCUT2D eigenvalue weighted by Gasteiger charge is 1.98. The number of hydrogen-bond acceptors (Lipinski definition) is 0. The van der Waals surface area contributed by atoms with Crippen molar-refractivity contribution in [2.24, 2.45) is 0 Å². The first-order valence-electron chi connectivity index (χ1n) is 3.01. The van der Waals surface area contributed by atoms with E-state index in [9.17, 15) is 0 Å². The van der Waals surface area contributed by atoms with E-state index in [2.05, 4.69) is 38.8 Å². The van der Waals surface area contributed by atoms with Crippen LogP contribution in [0.5, 0.6) is 0 Å². The second-order valence-electron chi connectivity index (χ2n) is 1.86. The van der Waals surface area contributed by atoms with Crippen LogP contribution in [0.15, 0.2) is 0 Å². The molecule has 0 fully saturated rings. The molecular weight excluding hydrogens is 232 g/mol. The summed E-state index contributed by atoms with van der Waals surface area (Å²) in [7, 11) is 0. The fourth-order valence-electron chi connectivity index (χ4n) is 0.576. The maximum absolute atomic E-state index is 3.57. The molecule has 0 amide bonds. The molecule has 8 heavy (non-hydrogen) atoms. The maximum atomic E-state index is 3.57. The standard InChI is InChI=1S/C6H12Br2/c1-2-3-6(8)4-5-7/h6H,2-5H2,1H3/t6-/m1/s1. The van der Waals surface area contributed by atoms with Gasteiger partial charge < -0.3 is 0 Å². The van der Waals surface area contributed by atoms with Gasteiger partial charge in [0.25, 0.3) is 0 Å². The molecule has 0 aromatic rings. The molecule has 0 heterocycles. The smallest absolute Gasteiger partial charge is 0.0153 e. The van der Waals surface area contributed by atoms with Crippen molar-refractivity contribution in [3.8, 4) is 0 Å². The molecule has 0 N–H and O–H groups in total. The van der Waals surface area contributed by atoms with Crippen molar-refractivity contribution in [1.82, 2.24) is 0 Å². The van der Waals surface area contributed by atoms with Gasteiger partial charge in [-0.15, -0.1) is 0 Å². The van der Waals surface area contributed by atoms with Gasteiger partial charge in [0.1, 0.15) is 0 Å². The number of rotatable bonds is 4. The van der Waals surface area contributed by atoms with Crippen molar-refractivity contribution in [1.29, 1.82) is 0 Å². The Kier molecular flexibility index (Phi) is 6.82. The van der Waals surface area contributed by atoms with E-state index in [4.69, 9.17) is 0 Å². The van der Waals surface area contributed by atoms with E-state index < -0.39 is 0 Å². The summed E-state index contributed by atoms with van der Waals surface area (Å²) >= 11 is 6.96. The van der Waals surface area contributed by atoms with Gasteiger partial charge in [0.15, 0.2) is 0 Å². The van der Waals surface area contributed by atoms with Gasteiger partial charge in [-0.25, -0.2) is 0 Å². The van der Waals surface area contributed by atoms with Gasteiger partial charge in [-0.1, -0.05) is 45.2 Å². The van der Waals surface area contributed by atoms with Gasteiger partial charge in [0.2, 0.25) is 0 Å². The quantitative estimate of drug-likeness (QED) is 0.665. The third kappa shape index (κ3) is 5.10. The molecule has 0 aliphatic heterocycles. The number of halogens is 2. The predicted molar refractivity (Wildman–Crippen MR) is 46.0 cm³/mol. The fourth-order valence-corrected chi connectivity index (χ4v) is 2.43. The monoisotopic (exact) mass is 242 g/mol. The van der Waals surface area contributed by atoms with E-state index in [1.165, 1.54) is 19.3 Å². The zero-order chi connectivity index (χ0) is 6.41. The molecule has 0 aromatic carbocycles. The predicted octanol–water partition coefficient (Wildman–Crippen LogP) is 3.34. The van der Waals surface area contributed by atoms with Gasteiger partial charge in [0, 0.05) is 10.2 Å². The van der Waals surface area contributed by atoms with E-state index in [1.807, 2.05) is 0 Å². The van der Waals surface area contributed by atoms with Crippen LogP contribution in [-0.2, 0) is 0 Å². The van der Waals surface area contributed by atoms with Crippen LogP contribution in [0.2, 0.25) is 0 Å². The molecule has 50 valence electrons.